The fourth-order valence-corrected chi connectivity index (χ4v) is 3.91. The number of aryl methyl sites for hydroxylation is 1. The highest BCUT2D eigenvalue weighted by Gasteiger charge is 2.45. The van der Waals surface area contributed by atoms with Gasteiger partial charge in [0.15, 0.2) is 10.9 Å². The first-order valence-corrected chi connectivity index (χ1v) is 9.62. The summed E-state index contributed by atoms with van der Waals surface area (Å²) in [7, 11) is 0. The maximum absolute atomic E-state index is 13.5. The first kappa shape index (κ1) is 17.9. The molecule has 0 aliphatic carbocycles. The first-order valence-electron chi connectivity index (χ1n) is 8.74. The van der Waals surface area contributed by atoms with E-state index in [0.717, 1.165) is 5.56 Å². The number of benzene rings is 1. The molecule has 5 rings (SSSR count). The molecule has 4 heterocycles. The zero-order valence-electron chi connectivity index (χ0n) is 15.1. The number of rotatable bonds is 4. The maximum Gasteiger partial charge on any atom is 0.282 e. The third-order valence-corrected chi connectivity index (χ3v) is 5.41. The molecule has 0 saturated carbocycles. The molecule has 0 radical (unpaired) electrons. The van der Waals surface area contributed by atoms with E-state index in [1.54, 1.807) is 6.07 Å². The zero-order chi connectivity index (χ0) is 20.2. The Balaban J connectivity index is 1.34. The molecule has 4 aromatic rings. The minimum atomic E-state index is -2.67. The average Bonchev–Trinajstić information content (AvgIpc) is 3.25. The van der Waals surface area contributed by atoms with Gasteiger partial charge in [-0.3, -0.25) is 0 Å². The highest BCUT2D eigenvalue weighted by Crippen LogP contribution is 2.35. The van der Waals surface area contributed by atoms with Gasteiger partial charge < -0.3 is 14.6 Å². The molecule has 1 fully saturated rings. The Morgan fingerprint density at radius 1 is 1.21 bits per heavy atom. The van der Waals surface area contributed by atoms with E-state index in [2.05, 4.69) is 20.3 Å². The maximum atomic E-state index is 13.5. The highest BCUT2D eigenvalue weighted by atomic mass is 32.1. The van der Waals surface area contributed by atoms with E-state index in [1.165, 1.54) is 40.8 Å². The summed E-state index contributed by atoms with van der Waals surface area (Å²) in [6.45, 7) is 1.13. The van der Waals surface area contributed by atoms with Crippen molar-refractivity contribution in [2.75, 3.05) is 23.3 Å². The number of alkyl halides is 2. The summed E-state index contributed by atoms with van der Waals surface area (Å²) in [5.41, 5.74) is 2.63. The van der Waals surface area contributed by atoms with Crippen LogP contribution >= 0.6 is 11.3 Å². The normalized spacial score (nSPS) is 15.5. The summed E-state index contributed by atoms with van der Waals surface area (Å²) >= 11 is 1.37. The first-order chi connectivity index (χ1) is 13.9. The predicted molar refractivity (Wildman–Crippen MR) is 104 cm³/mol. The third-order valence-electron chi connectivity index (χ3n) is 4.65. The second-order valence-electron chi connectivity index (χ2n) is 6.84. The molecule has 1 aromatic carbocycles. The van der Waals surface area contributed by atoms with E-state index in [1.807, 2.05) is 12.3 Å². The largest absolute Gasteiger partial charge is 0.454 e. The van der Waals surface area contributed by atoms with E-state index >= 15 is 0 Å². The van der Waals surface area contributed by atoms with Crippen molar-refractivity contribution in [3.8, 4) is 11.5 Å². The van der Waals surface area contributed by atoms with Crippen LogP contribution in [0.3, 0.4) is 0 Å². The molecular weight excluding hydrogens is 403 g/mol. The Morgan fingerprint density at radius 2 is 1.97 bits per heavy atom. The Hall–Kier alpha value is -3.14. The minimum Gasteiger partial charge on any atom is -0.454 e. The second kappa shape index (κ2) is 6.45. The standard InChI is InChI=1S/C19H14F3N5OS/c1-10-13-4-11(20)2-3-15(13)28-16(10)14-7-29-18(26-14)25-12-5-23-17(24-6-12)27-8-19(21,22)9-27/h2-7H,8-9H2,1H3,(H,25,26). The summed E-state index contributed by atoms with van der Waals surface area (Å²) in [6.07, 6.45) is 3.05. The molecule has 1 N–H and O–H groups in total. The number of nitrogens with one attached hydrogen (secondary N) is 1. The summed E-state index contributed by atoms with van der Waals surface area (Å²) in [6, 6.07) is 4.39. The number of fused-ring (bicyclic) bond motifs is 1. The summed E-state index contributed by atoms with van der Waals surface area (Å²) in [4.78, 5) is 14.2. The van der Waals surface area contributed by atoms with Gasteiger partial charge in [-0.15, -0.1) is 11.3 Å². The molecule has 10 heteroatoms. The van der Waals surface area contributed by atoms with Crippen LogP contribution in [0, 0.1) is 12.7 Å². The smallest absolute Gasteiger partial charge is 0.282 e. The topological polar surface area (TPSA) is 67.1 Å². The number of aromatic nitrogens is 3. The van der Waals surface area contributed by atoms with Crippen molar-refractivity contribution >= 4 is 39.1 Å². The molecule has 148 valence electrons. The molecule has 6 nitrogen and oxygen atoms in total. The van der Waals surface area contributed by atoms with Gasteiger partial charge >= 0.3 is 0 Å². The van der Waals surface area contributed by atoms with E-state index in [4.69, 9.17) is 4.42 Å². The van der Waals surface area contributed by atoms with Crippen LogP contribution in [-0.2, 0) is 0 Å². The van der Waals surface area contributed by atoms with Crippen molar-refractivity contribution < 1.29 is 17.6 Å². The fourth-order valence-electron chi connectivity index (χ4n) is 3.20. The Kier molecular flexibility index (Phi) is 3.98. The van der Waals surface area contributed by atoms with E-state index in [9.17, 15) is 13.2 Å². The number of halogens is 3. The summed E-state index contributed by atoms with van der Waals surface area (Å²) in [5.74, 6) is -2.14. The van der Waals surface area contributed by atoms with Gasteiger partial charge in [-0.1, -0.05) is 0 Å². The van der Waals surface area contributed by atoms with Gasteiger partial charge in [0.2, 0.25) is 5.95 Å². The Morgan fingerprint density at radius 3 is 2.69 bits per heavy atom. The molecule has 0 spiro atoms. The van der Waals surface area contributed by atoms with Gasteiger partial charge in [0, 0.05) is 16.3 Å². The van der Waals surface area contributed by atoms with Crippen molar-refractivity contribution in [1.29, 1.82) is 0 Å². The molecule has 1 aliphatic rings. The third kappa shape index (κ3) is 3.29. The molecule has 0 bridgehead atoms. The van der Waals surface area contributed by atoms with Crippen LogP contribution in [0.1, 0.15) is 5.56 Å². The summed E-state index contributed by atoms with van der Waals surface area (Å²) < 4.78 is 45.3. The number of furan rings is 1. The highest BCUT2D eigenvalue weighted by molar-refractivity contribution is 7.14. The molecule has 0 atom stereocenters. The monoisotopic (exact) mass is 417 g/mol. The van der Waals surface area contributed by atoms with Crippen LogP contribution in [0.25, 0.3) is 22.4 Å². The zero-order valence-corrected chi connectivity index (χ0v) is 15.9. The van der Waals surface area contributed by atoms with Crippen molar-refractivity contribution in [3.63, 3.8) is 0 Å². The second-order valence-corrected chi connectivity index (χ2v) is 7.70. The number of nitrogens with zero attached hydrogens (tertiary/aromatic N) is 4. The van der Waals surface area contributed by atoms with E-state index < -0.39 is 5.92 Å². The minimum absolute atomic E-state index is 0.270. The van der Waals surface area contributed by atoms with Crippen molar-refractivity contribution in [2.24, 2.45) is 0 Å². The molecule has 0 unspecified atom stereocenters. The molecule has 29 heavy (non-hydrogen) atoms. The van der Waals surface area contributed by atoms with Crippen LogP contribution < -0.4 is 10.2 Å². The van der Waals surface area contributed by atoms with Crippen LogP contribution in [0.4, 0.5) is 29.9 Å². The Labute approximate surface area is 167 Å². The lowest BCUT2D eigenvalue weighted by atomic mass is 10.1. The number of thiazole rings is 1. The quantitative estimate of drug-likeness (QED) is 0.505. The van der Waals surface area contributed by atoms with Crippen LogP contribution in [0.15, 0.2) is 40.4 Å². The summed E-state index contributed by atoms with van der Waals surface area (Å²) in [5, 5.41) is 6.23. The van der Waals surface area contributed by atoms with Gasteiger partial charge in [0.1, 0.15) is 17.1 Å². The van der Waals surface area contributed by atoms with Crippen molar-refractivity contribution in [3.05, 3.63) is 47.4 Å². The molecule has 0 amide bonds. The lowest BCUT2D eigenvalue weighted by Gasteiger charge is -2.38. The molecule has 1 saturated heterocycles. The van der Waals surface area contributed by atoms with Gasteiger partial charge in [-0.2, -0.15) is 0 Å². The molecular formula is C19H14F3N5OS. The van der Waals surface area contributed by atoms with Gasteiger partial charge in [0.05, 0.1) is 31.2 Å². The van der Waals surface area contributed by atoms with Gasteiger partial charge in [-0.05, 0) is 25.1 Å². The lowest BCUT2D eigenvalue weighted by molar-refractivity contribution is -0.0271. The number of hydrogen-bond donors (Lipinski definition) is 1. The van der Waals surface area contributed by atoms with Crippen molar-refractivity contribution in [2.45, 2.75) is 12.8 Å². The predicted octanol–water partition coefficient (Wildman–Crippen LogP) is 4.99. The molecule has 3 aromatic heterocycles. The van der Waals surface area contributed by atoms with Gasteiger partial charge in [-0.25, -0.2) is 28.1 Å². The number of anilines is 3. The number of hydrogen-bond acceptors (Lipinski definition) is 7. The SMILES string of the molecule is Cc1c(-c2csc(Nc3cnc(N4CC(F)(F)C4)nc3)n2)oc2ccc(F)cc12. The fraction of sp³-hybridized carbons (Fsp3) is 0.211. The average molecular weight is 417 g/mol. The van der Waals surface area contributed by atoms with E-state index in [0.29, 0.717) is 33.2 Å². The van der Waals surface area contributed by atoms with Crippen LogP contribution in [0.5, 0.6) is 0 Å². The van der Waals surface area contributed by atoms with Crippen LogP contribution in [-0.4, -0.2) is 34.0 Å². The van der Waals surface area contributed by atoms with Crippen molar-refractivity contribution in [1.82, 2.24) is 15.0 Å². The lowest BCUT2D eigenvalue weighted by Crippen LogP contribution is -2.57. The van der Waals surface area contributed by atoms with E-state index in [-0.39, 0.29) is 24.9 Å². The van der Waals surface area contributed by atoms with Gasteiger partial charge in [0.25, 0.3) is 5.92 Å². The Bertz CT molecular complexity index is 1200. The molecule has 1 aliphatic heterocycles. The van der Waals surface area contributed by atoms with Crippen LogP contribution in [0.2, 0.25) is 0 Å².